The lowest BCUT2D eigenvalue weighted by molar-refractivity contribution is -0.156. The van der Waals surface area contributed by atoms with Crippen molar-refractivity contribution in [3.63, 3.8) is 0 Å². The van der Waals surface area contributed by atoms with E-state index in [1.807, 2.05) is 70.2 Å². The van der Waals surface area contributed by atoms with Crippen LogP contribution in [0, 0.1) is 0 Å². The molecule has 6 heteroatoms. The molecule has 0 fully saturated rings. The molecule has 31 heavy (non-hydrogen) atoms. The number of aromatic nitrogens is 2. The SMILES string of the molecule is CC(C(=O)OC(C)(C)C)c1ccc(N2Cc3ccc(-c4cncnc4)cc3C2=O)cc1. The van der Waals surface area contributed by atoms with Gasteiger partial charge in [0.25, 0.3) is 5.91 Å². The third-order valence-electron chi connectivity index (χ3n) is 5.27. The summed E-state index contributed by atoms with van der Waals surface area (Å²) in [5.74, 6) is -0.681. The average Bonchev–Trinajstić information content (AvgIpc) is 3.08. The maximum Gasteiger partial charge on any atom is 0.313 e. The van der Waals surface area contributed by atoms with Crippen LogP contribution in [0.1, 0.15) is 55.1 Å². The van der Waals surface area contributed by atoms with Gasteiger partial charge in [-0.05, 0) is 62.6 Å². The lowest BCUT2D eigenvalue weighted by Crippen LogP contribution is -2.27. The number of benzene rings is 2. The molecule has 1 aromatic heterocycles. The van der Waals surface area contributed by atoms with Gasteiger partial charge in [-0.3, -0.25) is 9.59 Å². The monoisotopic (exact) mass is 415 g/mol. The molecule has 3 aromatic rings. The van der Waals surface area contributed by atoms with Gasteiger partial charge in [-0.25, -0.2) is 9.97 Å². The molecule has 1 aliphatic rings. The summed E-state index contributed by atoms with van der Waals surface area (Å²) in [5.41, 5.74) is 4.58. The minimum Gasteiger partial charge on any atom is -0.460 e. The van der Waals surface area contributed by atoms with Crippen molar-refractivity contribution >= 4 is 17.6 Å². The summed E-state index contributed by atoms with van der Waals surface area (Å²) in [4.78, 5) is 35.3. The minimum absolute atomic E-state index is 0.0401. The summed E-state index contributed by atoms with van der Waals surface area (Å²) in [5, 5.41) is 0. The topological polar surface area (TPSA) is 72.4 Å². The molecule has 0 spiro atoms. The molecule has 0 aliphatic carbocycles. The highest BCUT2D eigenvalue weighted by atomic mass is 16.6. The molecule has 1 amide bonds. The summed E-state index contributed by atoms with van der Waals surface area (Å²) >= 11 is 0. The van der Waals surface area contributed by atoms with Gasteiger partial charge >= 0.3 is 5.97 Å². The predicted molar refractivity (Wildman–Crippen MR) is 119 cm³/mol. The fourth-order valence-corrected chi connectivity index (χ4v) is 3.61. The molecule has 158 valence electrons. The van der Waals surface area contributed by atoms with E-state index in [0.717, 1.165) is 27.9 Å². The molecule has 0 saturated carbocycles. The normalized spacial score (nSPS) is 14.3. The lowest BCUT2D eigenvalue weighted by atomic mass is 10.0. The number of ether oxygens (including phenoxy) is 1. The maximum atomic E-state index is 13.1. The summed E-state index contributed by atoms with van der Waals surface area (Å²) in [6, 6.07) is 13.4. The Morgan fingerprint density at radius 2 is 1.71 bits per heavy atom. The molecule has 4 rings (SSSR count). The van der Waals surface area contributed by atoms with Gasteiger partial charge < -0.3 is 9.64 Å². The van der Waals surface area contributed by atoms with Gasteiger partial charge in [-0.1, -0.05) is 24.3 Å². The Morgan fingerprint density at radius 3 is 2.35 bits per heavy atom. The lowest BCUT2D eigenvalue weighted by Gasteiger charge is -2.23. The van der Waals surface area contributed by atoms with Crippen molar-refractivity contribution in [2.75, 3.05) is 4.90 Å². The van der Waals surface area contributed by atoms with Crippen LogP contribution >= 0.6 is 0 Å². The molecule has 6 nitrogen and oxygen atoms in total. The zero-order valence-electron chi connectivity index (χ0n) is 18.1. The molecule has 0 radical (unpaired) electrons. The van der Waals surface area contributed by atoms with Crippen molar-refractivity contribution < 1.29 is 14.3 Å². The average molecular weight is 415 g/mol. The van der Waals surface area contributed by atoms with E-state index < -0.39 is 5.60 Å². The van der Waals surface area contributed by atoms with Crippen molar-refractivity contribution in [2.24, 2.45) is 0 Å². The Bertz CT molecular complexity index is 1120. The highest BCUT2D eigenvalue weighted by Crippen LogP contribution is 2.32. The summed E-state index contributed by atoms with van der Waals surface area (Å²) in [7, 11) is 0. The maximum absolute atomic E-state index is 13.1. The first-order chi connectivity index (χ1) is 14.7. The summed E-state index contributed by atoms with van der Waals surface area (Å²) in [6.45, 7) is 7.91. The van der Waals surface area contributed by atoms with E-state index in [1.54, 1.807) is 17.3 Å². The van der Waals surface area contributed by atoms with Crippen LogP contribution in [0.15, 0.2) is 61.2 Å². The highest BCUT2D eigenvalue weighted by molar-refractivity contribution is 6.10. The van der Waals surface area contributed by atoms with Gasteiger partial charge in [0.05, 0.1) is 12.5 Å². The van der Waals surface area contributed by atoms with E-state index in [9.17, 15) is 9.59 Å². The number of amides is 1. The van der Waals surface area contributed by atoms with Crippen LogP contribution in [0.5, 0.6) is 0 Å². The predicted octanol–water partition coefficient (Wildman–Crippen LogP) is 4.75. The number of hydrogen-bond acceptors (Lipinski definition) is 5. The van der Waals surface area contributed by atoms with Crippen molar-refractivity contribution in [1.82, 2.24) is 9.97 Å². The van der Waals surface area contributed by atoms with Crippen LogP contribution in [0.25, 0.3) is 11.1 Å². The summed E-state index contributed by atoms with van der Waals surface area (Å²) < 4.78 is 5.48. The molecular weight excluding hydrogens is 390 g/mol. The number of nitrogens with zero attached hydrogens (tertiary/aromatic N) is 3. The van der Waals surface area contributed by atoms with E-state index >= 15 is 0 Å². The third-order valence-corrected chi connectivity index (χ3v) is 5.27. The molecule has 0 saturated heterocycles. The van der Waals surface area contributed by atoms with E-state index in [1.165, 1.54) is 6.33 Å². The fraction of sp³-hybridized carbons (Fsp3) is 0.280. The van der Waals surface area contributed by atoms with E-state index in [4.69, 9.17) is 4.74 Å². The number of rotatable bonds is 4. The molecule has 2 heterocycles. The van der Waals surface area contributed by atoms with Gasteiger partial charge in [0.15, 0.2) is 0 Å². The molecule has 1 unspecified atom stereocenters. The van der Waals surface area contributed by atoms with Crippen molar-refractivity contribution in [2.45, 2.75) is 45.8 Å². The molecular formula is C25H25N3O3. The first-order valence-electron chi connectivity index (χ1n) is 10.3. The van der Waals surface area contributed by atoms with E-state index in [2.05, 4.69) is 9.97 Å². The fourth-order valence-electron chi connectivity index (χ4n) is 3.61. The highest BCUT2D eigenvalue weighted by Gasteiger charge is 2.29. The second-order valence-corrected chi connectivity index (χ2v) is 8.74. The molecule has 0 bridgehead atoms. The Morgan fingerprint density at radius 1 is 1.03 bits per heavy atom. The largest absolute Gasteiger partial charge is 0.460 e. The first kappa shape index (κ1) is 20.7. The van der Waals surface area contributed by atoms with Crippen LogP contribution in [-0.4, -0.2) is 27.4 Å². The number of hydrogen-bond donors (Lipinski definition) is 0. The van der Waals surface area contributed by atoms with E-state index in [0.29, 0.717) is 12.1 Å². The van der Waals surface area contributed by atoms with Crippen LogP contribution in [0.3, 0.4) is 0 Å². The van der Waals surface area contributed by atoms with Crippen LogP contribution < -0.4 is 4.90 Å². The number of carbonyl (C=O) groups excluding carboxylic acids is 2. The first-order valence-corrected chi connectivity index (χ1v) is 10.3. The van der Waals surface area contributed by atoms with Crippen LogP contribution in [-0.2, 0) is 16.1 Å². The Labute approximate surface area is 181 Å². The van der Waals surface area contributed by atoms with Gasteiger partial charge in [-0.2, -0.15) is 0 Å². The molecule has 1 atom stereocenters. The van der Waals surface area contributed by atoms with Gasteiger partial charge in [0.2, 0.25) is 0 Å². The minimum atomic E-state index is -0.524. The summed E-state index contributed by atoms with van der Waals surface area (Å²) in [6.07, 6.45) is 4.95. The Hall–Kier alpha value is -3.54. The number of anilines is 1. The molecule has 2 aromatic carbocycles. The molecule has 1 aliphatic heterocycles. The zero-order valence-corrected chi connectivity index (χ0v) is 18.1. The van der Waals surface area contributed by atoms with Gasteiger partial charge in [0, 0.05) is 29.2 Å². The van der Waals surface area contributed by atoms with Crippen molar-refractivity contribution in [1.29, 1.82) is 0 Å². The van der Waals surface area contributed by atoms with Crippen LogP contribution in [0.4, 0.5) is 5.69 Å². The quantitative estimate of drug-likeness (QED) is 0.575. The van der Waals surface area contributed by atoms with Crippen molar-refractivity contribution in [3.8, 4) is 11.1 Å². The zero-order chi connectivity index (χ0) is 22.2. The molecule has 0 N–H and O–H groups in total. The Kier molecular flexibility index (Phi) is 5.31. The third kappa shape index (κ3) is 4.33. The number of esters is 1. The number of fused-ring (bicyclic) bond motifs is 1. The van der Waals surface area contributed by atoms with Gasteiger partial charge in [-0.15, -0.1) is 0 Å². The smallest absolute Gasteiger partial charge is 0.313 e. The Balaban J connectivity index is 1.52. The van der Waals surface area contributed by atoms with Gasteiger partial charge in [0.1, 0.15) is 11.9 Å². The van der Waals surface area contributed by atoms with Crippen LogP contribution in [0.2, 0.25) is 0 Å². The van der Waals surface area contributed by atoms with E-state index in [-0.39, 0.29) is 17.8 Å². The number of carbonyl (C=O) groups is 2. The second-order valence-electron chi connectivity index (χ2n) is 8.74. The standard InChI is InChI=1S/C25H25N3O3/c1-16(24(30)31-25(2,3)4)17-7-9-21(10-8-17)28-14-19-6-5-18(11-22(19)23(28)29)20-12-26-15-27-13-20/h5-13,15-16H,14H2,1-4H3. The van der Waals surface area contributed by atoms with Crippen molar-refractivity contribution in [3.05, 3.63) is 77.9 Å². The second kappa shape index (κ2) is 7.95.